The fourth-order valence-corrected chi connectivity index (χ4v) is 6.26. The van der Waals surface area contributed by atoms with Gasteiger partial charge in [-0.15, -0.1) is 0 Å². The van der Waals surface area contributed by atoms with Crippen molar-refractivity contribution in [2.24, 2.45) is 0 Å². The molecule has 0 aromatic heterocycles. The van der Waals surface area contributed by atoms with Gasteiger partial charge >= 0.3 is 0 Å². The van der Waals surface area contributed by atoms with Gasteiger partial charge in [0.1, 0.15) is 0 Å². The number of halogens is 2. The first-order valence-corrected chi connectivity index (χ1v) is 13.6. The Morgan fingerprint density at radius 2 is 0.583 bits per heavy atom. The summed E-state index contributed by atoms with van der Waals surface area (Å²) in [5.74, 6) is 0. The average molecular weight is 588 g/mol. The van der Waals surface area contributed by atoms with Crippen LogP contribution in [0.5, 0.6) is 0 Å². The van der Waals surface area contributed by atoms with Gasteiger partial charge in [0, 0.05) is 8.95 Å². The molecule has 0 saturated heterocycles. The zero-order chi connectivity index (χ0) is 24.2. The van der Waals surface area contributed by atoms with E-state index in [9.17, 15) is 0 Å². The van der Waals surface area contributed by atoms with E-state index < -0.39 is 0 Å². The number of benzene rings is 6. The van der Waals surface area contributed by atoms with E-state index in [1.54, 1.807) is 0 Å². The lowest BCUT2D eigenvalue weighted by molar-refractivity contribution is 1.73. The third-order valence-electron chi connectivity index (χ3n) is 7.15. The normalized spacial score (nSPS) is 11.6. The molecular weight excluding hydrogens is 568 g/mol. The molecule has 0 atom stereocenters. The second kappa shape index (κ2) is 8.58. The van der Waals surface area contributed by atoms with E-state index in [0.717, 1.165) is 8.95 Å². The molecule has 0 aliphatic heterocycles. The summed E-state index contributed by atoms with van der Waals surface area (Å²) >= 11 is 7.53. The van der Waals surface area contributed by atoms with Gasteiger partial charge < -0.3 is 0 Å². The highest BCUT2D eigenvalue weighted by Gasteiger charge is 2.10. The largest absolute Gasteiger partial charge is 0.0616 e. The molecule has 7 aromatic rings. The minimum Gasteiger partial charge on any atom is -0.0616 e. The minimum atomic E-state index is 1.08. The Balaban J connectivity index is 1.96. The number of hydrogen-bond donors (Lipinski definition) is 0. The molecule has 0 N–H and O–H groups in total. The van der Waals surface area contributed by atoms with Crippen LogP contribution in [0.1, 0.15) is 0 Å². The van der Waals surface area contributed by atoms with Gasteiger partial charge in [0.15, 0.2) is 0 Å². The van der Waals surface area contributed by atoms with E-state index in [0.29, 0.717) is 0 Å². The lowest BCUT2D eigenvalue weighted by atomic mass is 9.93. The van der Waals surface area contributed by atoms with Crippen LogP contribution >= 0.6 is 31.9 Å². The van der Waals surface area contributed by atoms with Crippen molar-refractivity contribution in [3.8, 4) is 0 Å². The summed E-state index contributed by atoms with van der Waals surface area (Å²) in [6.07, 6.45) is 0. The summed E-state index contributed by atoms with van der Waals surface area (Å²) in [6, 6.07) is 44.3. The maximum atomic E-state index is 3.77. The van der Waals surface area contributed by atoms with Crippen LogP contribution < -0.4 is 0 Å². The highest BCUT2D eigenvalue weighted by molar-refractivity contribution is 9.10. The summed E-state index contributed by atoms with van der Waals surface area (Å²) in [4.78, 5) is 0. The third-order valence-corrected chi connectivity index (χ3v) is 8.14. The highest BCUT2D eigenvalue weighted by Crippen LogP contribution is 2.38. The first-order valence-electron chi connectivity index (χ1n) is 12.0. The molecular formula is C34H20Br2. The lowest BCUT2D eigenvalue weighted by Crippen LogP contribution is -1.84. The van der Waals surface area contributed by atoms with E-state index in [1.165, 1.54) is 64.6 Å². The number of rotatable bonds is 0. The fraction of sp³-hybridized carbons (Fsp3) is 0. The zero-order valence-electron chi connectivity index (χ0n) is 19.3. The smallest absolute Gasteiger partial charge is 0.0181 e. The van der Waals surface area contributed by atoms with Gasteiger partial charge in [-0.1, -0.05) is 117 Å². The maximum Gasteiger partial charge on any atom is 0.0181 e. The maximum absolute atomic E-state index is 3.77. The van der Waals surface area contributed by atoms with Gasteiger partial charge in [-0.2, -0.15) is 0 Å². The van der Waals surface area contributed by atoms with Crippen LogP contribution in [-0.4, -0.2) is 0 Å². The van der Waals surface area contributed by atoms with Crippen LogP contribution in [0.3, 0.4) is 0 Å². The van der Waals surface area contributed by atoms with Gasteiger partial charge in [-0.3, -0.25) is 0 Å². The standard InChI is InChI=1S/C34H20Br2/c35-23-13-15-29-25-9-3-4-10-26(25)30-16-14-24(36)20-34(30)32-18-22-8-2-1-7-21(22)17-31(32)27-11-5-6-12-28(27)33(29)19-23/h1-20H. The van der Waals surface area contributed by atoms with Crippen molar-refractivity contribution in [1.82, 2.24) is 0 Å². The Bertz CT molecular complexity index is 2070. The summed E-state index contributed by atoms with van der Waals surface area (Å²) in [7, 11) is 0. The monoisotopic (exact) mass is 586 g/mol. The first-order chi connectivity index (χ1) is 17.7. The Morgan fingerprint density at radius 1 is 0.278 bits per heavy atom. The van der Waals surface area contributed by atoms with Gasteiger partial charge in [0.2, 0.25) is 0 Å². The van der Waals surface area contributed by atoms with E-state index in [4.69, 9.17) is 0 Å². The van der Waals surface area contributed by atoms with E-state index in [2.05, 4.69) is 153 Å². The van der Waals surface area contributed by atoms with Crippen molar-refractivity contribution >= 4 is 96.5 Å². The lowest BCUT2D eigenvalue weighted by Gasteiger charge is -2.11. The molecule has 0 unspecified atom stereocenters. The van der Waals surface area contributed by atoms with Crippen LogP contribution in [0.15, 0.2) is 130 Å². The van der Waals surface area contributed by atoms with Crippen molar-refractivity contribution in [2.45, 2.75) is 0 Å². The van der Waals surface area contributed by atoms with Crippen molar-refractivity contribution in [2.75, 3.05) is 0 Å². The van der Waals surface area contributed by atoms with Crippen LogP contribution in [0.2, 0.25) is 0 Å². The van der Waals surface area contributed by atoms with Crippen LogP contribution in [0.25, 0.3) is 64.6 Å². The first kappa shape index (κ1) is 21.8. The van der Waals surface area contributed by atoms with Crippen molar-refractivity contribution in [3.05, 3.63) is 130 Å². The molecule has 0 bridgehead atoms. The van der Waals surface area contributed by atoms with Gasteiger partial charge in [0.05, 0.1) is 0 Å². The predicted octanol–water partition coefficient (Wildman–Crippen LogP) is 11.3. The van der Waals surface area contributed by atoms with Crippen LogP contribution in [-0.2, 0) is 0 Å². The topological polar surface area (TPSA) is 0 Å². The summed E-state index contributed by atoms with van der Waals surface area (Å²) in [5.41, 5.74) is 0. The second-order valence-corrected chi connectivity index (χ2v) is 11.0. The molecule has 0 radical (unpaired) electrons. The molecule has 170 valence electrons. The van der Waals surface area contributed by atoms with E-state index in [1.807, 2.05) is 0 Å². The summed E-state index contributed by atoms with van der Waals surface area (Å²) in [6.45, 7) is 0. The highest BCUT2D eigenvalue weighted by atomic mass is 79.9. The molecule has 0 saturated carbocycles. The Labute approximate surface area is 225 Å². The molecule has 0 nitrogen and oxygen atoms in total. The third kappa shape index (κ3) is 3.48. The van der Waals surface area contributed by atoms with Gasteiger partial charge in [0.25, 0.3) is 0 Å². The number of fused-ring (bicyclic) bond motifs is 11. The fourth-order valence-electron chi connectivity index (χ4n) is 5.54. The summed E-state index contributed by atoms with van der Waals surface area (Å²) < 4.78 is 2.15. The molecule has 0 aliphatic carbocycles. The van der Waals surface area contributed by atoms with Crippen molar-refractivity contribution in [3.63, 3.8) is 0 Å². The van der Waals surface area contributed by atoms with Crippen molar-refractivity contribution in [1.29, 1.82) is 0 Å². The minimum absolute atomic E-state index is 1.08. The average Bonchev–Trinajstić information content (AvgIpc) is 2.92. The molecule has 0 spiro atoms. The Hall–Kier alpha value is -3.46. The molecule has 0 amide bonds. The quantitative estimate of drug-likeness (QED) is 0.165. The summed E-state index contributed by atoms with van der Waals surface area (Å²) in [5, 5.41) is 14.9. The van der Waals surface area contributed by atoms with E-state index >= 15 is 0 Å². The predicted molar refractivity (Wildman–Crippen MR) is 165 cm³/mol. The SMILES string of the molecule is Brc1ccc2c3ccccc3c3ccc(Br)cc3c3cc4ccccc4cc3c3ccccc3c2c1. The zero-order valence-corrected chi connectivity index (χ0v) is 22.5. The van der Waals surface area contributed by atoms with Crippen LogP contribution in [0, 0.1) is 0 Å². The number of hydrogen-bond acceptors (Lipinski definition) is 0. The molecule has 0 aliphatic rings. The molecule has 0 heterocycles. The van der Waals surface area contributed by atoms with Crippen molar-refractivity contribution < 1.29 is 0 Å². The van der Waals surface area contributed by atoms with E-state index in [-0.39, 0.29) is 0 Å². The molecule has 7 aromatic carbocycles. The molecule has 0 fully saturated rings. The molecule has 7 rings (SSSR count). The Morgan fingerprint density at radius 3 is 1.06 bits per heavy atom. The molecule has 36 heavy (non-hydrogen) atoms. The molecule has 2 heteroatoms. The Kier molecular flexibility index (Phi) is 5.20. The van der Waals surface area contributed by atoms with Gasteiger partial charge in [-0.25, -0.2) is 0 Å². The second-order valence-electron chi connectivity index (χ2n) is 9.22. The van der Waals surface area contributed by atoms with Crippen LogP contribution in [0.4, 0.5) is 0 Å². The van der Waals surface area contributed by atoms with Gasteiger partial charge in [-0.05, 0) is 101 Å².